The Hall–Kier alpha value is -1.55. The lowest BCUT2D eigenvalue weighted by atomic mass is 10.0. The molecule has 4 heteroatoms. The van der Waals surface area contributed by atoms with Crippen LogP contribution in [0.25, 0.3) is 0 Å². The Kier molecular flexibility index (Phi) is 6.72. The maximum absolute atomic E-state index is 9.09. The fraction of sp³-hybridized carbons (Fsp3) is 0.333. The van der Waals surface area contributed by atoms with Gasteiger partial charge in [0.15, 0.2) is 0 Å². The molecule has 0 amide bonds. The van der Waals surface area contributed by atoms with Gasteiger partial charge in [-0.2, -0.15) is 0 Å². The van der Waals surface area contributed by atoms with Gasteiger partial charge in [0.25, 0.3) is 0 Å². The molecule has 0 saturated heterocycles. The summed E-state index contributed by atoms with van der Waals surface area (Å²) in [6, 6.07) is 16.2. The fourth-order valence-electron chi connectivity index (χ4n) is 2.40. The summed E-state index contributed by atoms with van der Waals surface area (Å²) in [6.07, 6.45) is 1.65. The van der Waals surface area contributed by atoms with Gasteiger partial charge in [-0.15, -0.1) is 0 Å². The first kappa shape index (κ1) is 16.8. The summed E-state index contributed by atoms with van der Waals surface area (Å²) >= 11 is 6.28. The van der Waals surface area contributed by atoms with Crippen LogP contribution in [0.5, 0.6) is 5.75 Å². The highest BCUT2D eigenvalue weighted by molar-refractivity contribution is 6.31. The van der Waals surface area contributed by atoms with Crippen molar-refractivity contribution < 1.29 is 9.84 Å². The first-order chi connectivity index (χ1) is 10.7. The number of aliphatic hydroxyl groups excluding tert-OH is 1. The molecule has 0 spiro atoms. The van der Waals surface area contributed by atoms with Gasteiger partial charge in [0.2, 0.25) is 0 Å². The minimum absolute atomic E-state index is 0.200. The van der Waals surface area contributed by atoms with Gasteiger partial charge in [0, 0.05) is 24.2 Å². The van der Waals surface area contributed by atoms with Crippen LogP contribution in [0.2, 0.25) is 5.02 Å². The molecule has 22 heavy (non-hydrogen) atoms. The van der Waals surface area contributed by atoms with E-state index in [1.54, 1.807) is 7.11 Å². The van der Waals surface area contributed by atoms with E-state index in [9.17, 15) is 0 Å². The lowest BCUT2D eigenvalue weighted by molar-refractivity contribution is 0.275. The largest absolute Gasteiger partial charge is 0.497 e. The normalized spacial score (nSPS) is 12.1. The van der Waals surface area contributed by atoms with Crippen molar-refractivity contribution in [3.05, 3.63) is 64.7 Å². The van der Waals surface area contributed by atoms with E-state index in [1.165, 1.54) is 5.56 Å². The molecule has 2 rings (SSSR count). The first-order valence-corrected chi connectivity index (χ1v) is 7.84. The second-order valence-electron chi connectivity index (χ2n) is 5.17. The third kappa shape index (κ3) is 4.73. The highest BCUT2D eigenvalue weighted by Crippen LogP contribution is 2.24. The van der Waals surface area contributed by atoms with Gasteiger partial charge < -0.3 is 15.2 Å². The average Bonchev–Trinajstić information content (AvgIpc) is 2.56. The van der Waals surface area contributed by atoms with Gasteiger partial charge in [-0.05, 0) is 36.1 Å². The molecule has 2 N–H and O–H groups in total. The quantitative estimate of drug-likeness (QED) is 0.774. The topological polar surface area (TPSA) is 41.5 Å². The standard InChI is InChI=1S/C18H22ClNO2/c1-22-16-10-9-15(17(19)12-16)13-20-18(8-5-11-21)14-6-3-2-4-7-14/h2-4,6-7,9-10,12,18,20-21H,5,8,11,13H2,1H3. The number of halogens is 1. The fourth-order valence-corrected chi connectivity index (χ4v) is 2.64. The van der Waals surface area contributed by atoms with Crippen LogP contribution in [0.4, 0.5) is 0 Å². The van der Waals surface area contributed by atoms with Crippen LogP contribution >= 0.6 is 11.6 Å². The first-order valence-electron chi connectivity index (χ1n) is 7.46. The number of nitrogens with one attached hydrogen (secondary N) is 1. The molecule has 0 bridgehead atoms. The third-order valence-electron chi connectivity index (χ3n) is 3.65. The van der Waals surface area contributed by atoms with E-state index in [0.29, 0.717) is 11.6 Å². The predicted molar refractivity (Wildman–Crippen MR) is 90.3 cm³/mol. The summed E-state index contributed by atoms with van der Waals surface area (Å²) in [6.45, 7) is 0.877. The molecule has 0 aliphatic heterocycles. The summed E-state index contributed by atoms with van der Waals surface area (Å²) in [5.74, 6) is 0.758. The molecule has 118 valence electrons. The van der Waals surface area contributed by atoms with Crippen molar-refractivity contribution in [1.29, 1.82) is 0 Å². The van der Waals surface area contributed by atoms with Gasteiger partial charge in [0.05, 0.1) is 7.11 Å². The molecule has 0 saturated carbocycles. The molecular weight excluding hydrogens is 298 g/mol. The predicted octanol–water partition coefficient (Wildman–Crippen LogP) is 3.95. The molecule has 0 radical (unpaired) electrons. The summed E-state index contributed by atoms with van der Waals surface area (Å²) in [4.78, 5) is 0. The zero-order valence-electron chi connectivity index (χ0n) is 12.8. The lowest BCUT2D eigenvalue weighted by Gasteiger charge is -2.19. The number of hydrogen-bond donors (Lipinski definition) is 2. The zero-order chi connectivity index (χ0) is 15.8. The molecule has 0 heterocycles. The van der Waals surface area contributed by atoms with Crippen LogP contribution in [0, 0.1) is 0 Å². The molecule has 3 nitrogen and oxygen atoms in total. The highest BCUT2D eigenvalue weighted by Gasteiger charge is 2.11. The summed E-state index contributed by atoms with van der Waals surface area (Å²) in [5.41, 5.74) is 2.26. The number of aliphatic hydroxyl groups is 1. The molecule has 2 aromatic carbocycles. The molecule has 0 aromatic heterocycles. The van der Waals surface area contributed by atoms with Crippen LogP contribution in [-0.4, -0.2) is 18.8 Å². The maximum atomic E-state index is 9.09. The Bertz CT molecular complexity index is 575. The number of hydrogen-bond acceptors (Lipinski definition) is 3. The monoisotopic (exact) mass is 319 g/mol. The average molecular weight is 320 g/mol. The number of rotatable bonds is 8. The smallest absolute Gasteiger partial charge is 0.120 e. The Morgan fingerprint density at radius 2 is 1.95 bits per heavy atom. The second-order valence-corrected chi connectivity index (χ2v) is 5.57. The van der Waals surface area contributed by atoms with E-state index in [4.69, 9.17) is 21.4 Å². The van der Waals surface area contributed by atoms with Gasteiger partial charge >= 0.3 is 0 Å². The van der Waals surface area contributed by atoms with E-state index < -0.39 is 0 Å². The second kappa shape index (κ2) is 8.79. The van der Waals surface area contributed by atoms with Gasteiger partial charge in [0.1, 0.15) is 5.75 Å². The van der Waals surface area contributed by atoms with Crippen LogP contribution in [-0.2, 0) is 6.54 Å². The van der Waals surface area contributed by atoms with Crippen molar-refractivity contribution in [2.75, 3.05) is 13.7 Å². The molecular formula is C18H22ClNO2. The van der Waals surface area contributed by atoms with E-state index >= 15 is 0 Å². The van der Waals surface area contributed by atoms with Gasteiger partial charge in [-0.25, -0.2) is 0 Å². The molecule has 1 unspecified atom stereocenters. The Morgan fingerprint density at radius 3 is 2.59 bits per heavy atom. The van der Waals surface area contributed by atoms with E-state index in [0.717, 1.165) is 24.2 Å². The summed E-state index contributed by atoms with van der Waals surface area (Å²) < 4.78 is 5.17. The maximum Gasteiger partial charge on any atom is 0.120 e. The summed E-state index contributed by atoms with van der Waals surface area (Å²) in [7, 11) is 1.63. The molecule has 0 aliphatic carbocycles. The van der Waals surface area contributed by atoms with Crippen molar-refractivity contribution >= 4 is 11.6 Å². The molecule has 0 aliphatic rings. The van der Waals surface area contributed by atoms with Crippen molar-refractivity contribution in [3.8, 4) is 5.75 Å². The van der Waals surface area contributed by atoms with E-state index in [-0.39, 0.29) is 12.6 Å². The van der Waals surface area contributed by atoms with Crippen molar-refractivity contribution in [1.82, 2.24) is 5.32 Å². The number of methoxy groups -OCH3 is 1. The SMILES string of the molecule is COc1ccc(CNC(CCCO)c2ccccc2)c(Cl)c1. The van der Waals surface area contributed by atoms with E-state index in [1.807, 2.05) is 36.4 Å². The molecule has 1 atom stereocenters. The van der Waals surface area contributed by atoms with Gasteiger partial charge in [-0.3, -0.25) is 0 Å². The van der Waals surface area contributed by atoms with Gasteiger partial charge in [-0.1, -0.05) is 48.0 Å². The Labute approximate surface area is 136 Å². The van der Waals surface area contributed by atoms with Crippen LogP contribution in [0.1, 0.15) is 30.0 Å². The van der Waals surface area contributed by atoms with Crippen LogP contribution in [0.15, 0.2) is 48.5 Å². The van der Waals surface area contributed by atoms with Crippen molar-refractivity contribution in [2.45, 2.75) is 25.4 Å². The molecule has 0 fully saturated rings. The summed E-state index contributed by atoms with van der Waals surface area (Å²) in [5, 5.41) is 13.3. The van der Waals surface area contributed by atoms with E-state index in [2.05, 4.69) is 17.4 Å². The highest BCUT2D eigenvalue weighted by atomic mass is 35.5. The molecule has 2 aromatic rings. The zero-order valence-corrected chi connectivity index (χ0v) is 13.5. The van der Waals surface area contributed by atoms with Crippen molar-refractivity contribution in [2.24, 2.45) is 0 Å². The number of ether oxygens (including phenoxy) is 1. The third-order valence-corrected chi connectivity index (χ3v) is 4.00. The lowest BCUT2D eigenvalue weighted by Crippen LogP contribution is -2.21. The Balaban J connectivity index is 2.05. The Morgan fingerprint density at radius 1 is 1.18 bits per heavy atom. The van der Waals surface area contributed by atoms with Crippen molar-refractivity contribution in [3.63, 3.8) is 0 Å². The number of benzene rings is 2. The minimum atomic E-state index is 0.200. The minimum Gasteiger partial charge on any atom is -0.497 e. The van der Waals surface area contributed by atoms with Crippen LogP contribution < -0.4 is 10.1 Å². The van der Waals surface area contributed by atoms with Crippen LogP contribution in [0.3, 0.4) is 0 Å².